The monoisotopic (exact) mass is 188 g/mol. The van der Waals surface area contributed by atoms with Crippen molar-refractivity contribution >= 4 is 11.6 Å². The summed E-state index contributed by atoms with van der Waals surface area (Å²) in [4.78, 5) is 0. The normalized spacial score (nSPS) is 13.0. The summed E-state index contributed by atoms with van der Waals surface area (Å²) in [5, 5.41) is 9.56. The second kappa shape index (κ2) is 3.87. The highest BCUT2D eigenvalue weighted by Gasteiger charge is 2.10. The van der Waals surface area contributed by atoms with Gasteiger partial charge in [0, 0.05) is 10.6 Å². The Hall–Kier alpha value is -0.600. The molecule has 1 N–H and O–H groups in total. The Kier molecular flexibility index (Phi) is 3.06. The second-order valence-corrected chi connectivity index (χ2v) is 3.10. The van der Waals surface area contributed by atoms with Crippen molar-refractivity contribution in [3.05, 3.63) is 34.3 Å². The van der Waals surface area contributed by atoms with Gasteiger partial charge in [-0.25, -0.2) is 4.39 Å². The minimum atomic E-state index is -1.10. The summed E-state index contributed by atoms with van der Waals surface area (Å²) in [5.74, 6) is 0. The maximum Gasteiger partial charge on any atom is 0.120 e. The van der Waals surface area contributed by atoms with Gasteiger partial charge in [0.1, 0.15) is 12.8 Å². The minimum absolute atomic E-state index is 0.417. The number of aliphatic hydroxyl groups is 1. The van der Waals surface area contributed by atoms with Crippen molar-refractivity contribution in [1.29, 1.82) is 0 Å². The molecule has 0 heterocycles. The molecular formula is C9H10ClFO. The van der Waals surface area contributed by atoms with Gasteiger partial charge >= 0.3 is 0 Å². The number of benzene rings is 1. The van der Waals surface area contributed by atoms with Crippen LogP contribution in [0.25, 0.3) is 0 Å². The Bertz CT molecular complexity index is 275. The zero-order chi connectivity index (χ0) is 9.14. The van der Waals surface area contributed by atoms with Gasteiger partial charge in [-0.05, 0) is 18.6 Å². The minimum Gasteiger partial charge on any atom is -0.386 e. The first kappa shape index (κ1) is 9.49. The Labute approximate surface area is 75.8 Å². The first-order valence-electron chi connectivity index (χ1n) is 3.65. The molecule has 0 amide bonds. The third-order valence-electron chi connectivity index (χ3n) is 1.66. The van der Waals surface area contributed by atoms with Gasteiger partial charge in [0.2, 0.25) is 0 Å². The van der Waals surface area contributed by atoms with Crippen LogP contribution in [0.5, 0.6) is 0 Å². The van der Waals surface area contributed by atoms with Gasteiger partial charge in [0.15, 0.2) is 0 Å². The Morgan fingerprint density at radius 3 is 2.75 bits per heavy atom. The molecule has 12 heavy (non-hydrogen) atoms. The van der Waals surface area contributed by atoms with Gasteiger partial charge in [0.05, 0.1) is 0 Å². The number of halogens is 2. The first-order chi connectivity index (χ1) is 5.65. The average Bonchev–Trinajstić information content (AvgIpc) is 2.03. The topological polar surface area (TPSA) is 20.2 Å². The summed E-state index contributed by atoms with van der Waals surface area (Å²) in [6, 6.07) is 5.14. The molecule has 1 aromatic carbocycles. The summed E-state index contributed by atoms with van der Waals surface area (Å²) >= 11 is 5.78. The van der Waals surface area contributed by atoms with E-state index in [1.807, 2.05) is 6.92 Å². The van der Waals surface area contributed by atoms with Crippen LogP contribution in [-0.2, 0) is 0 Å². The fourth-order valence-corrected chi connectivity index (χ4v) is 1.35. The smallest absolute Gasteiger partial charge is 0.120 e. The summed E-state index contributed by atoms with van der Waals surface area (Å²) in [7, 11) is 0. The maximum absolute atomic E-state index is 12.0. The van der Waals surface area contributed by atoms with E-state index in [0.29, 0.717) is 10.6 Å². The van der Waals surface area contributed by atoms with E-state index in [1.165, 1.54) is 0 Å². The first-order valence-corrected chi connectivity index (χ1v) is 4.03. The van der Waals surface area contributed by atoms with Crippen LogP contribution < -0.4 is 0 Å². The van der Waals surface area contributed by atoms with E-state index in [9.17, 15) is 4.39 Å². The standard InChI is InChI=1S/C9H10ClFO/c1-6-2-3-7(8(10)4-6)9(12)5-11/h2-4,9,12H,5H2,1H3. The molecule has 66 valence electrons. The van der Waals surface area contributed by atoms with Crippen LogP contribution in [0.1, 0.15) is 17.2 Å². The molecule has 0 aliphatic carbocycles. The predicted molar refractivity (Wildman–Crippen MR) is 47.1 cm³/mol. The molecule has 1 atom stereocenters. The van der Waals surface area contributed by atoms with Crippen molar-refractivity contribution in [3.63, 3.8) is 0 Å². The quantitative estimate of drug-likeness (QED) is 0.757. The molecule has 0 spiro atoms. The number of aryl methyl sites for hydroxylation is 1. The second-order valence-electron chi connectivity index (χ2n) is 2.70. The Morgan fingerprint density at radius 1 is 1.58 bits per heavy atom. The van der Waals surface area contributed by atoms with Gasteiger partial charge in [-0.1, -0.05) is 23.7 Å². The van der Waals surface area contributed by atoms with E-state index >= 15 is 0 Å². The van der Waals surface area contributed by atoms with Gasteiger partial charge in [-0.3, -0.25) is 0 Å². The molecule has 1 nitrogen and oxygen atoms in total. The highest BCUT2D eigenvalue weighted by Crippen LogP contribution is 2.24. The molecule has 1 rings (SSSR count). The molecule has 0 aliphatic rings. The molecule has 0 radical (unpaired) electrons. The summed E-state index contributed by atoms with van der Waals surface area (Å²) in [6.45, 7) is 1.08. The van der Waals surface area contributed by atoms with E-state index < -0.39 is 12.8 Å². The van der Waals surface area contributed by atoms with E-state index in [4.69, 9.17) is 16.7 Å². The summed E-state index contributed by atoms with van der Waals surface area (Å²) in [5.41, 5.74) is 1.44. The lowest BCUT2D eigenvalue weighted by atomic mass is 10.1. The molecule has 0 bridgehead atoms. The largest absolute Gasteiger partial charge is 0.386 e. The van der Waals surface area contributed by atoms with Gasteiger partial charge in [-0.2, -0.15) is 0 Å². The van der Waals surface area contributed by atoms with Crippen molar-refractivity contribution in [2.24, 2.45) is 0 Å². The number of aliphatic hydroxyl groups excluding tert-OH is 1. The zero-order valence-corrected chi connectivity index (χ0v) is 7.48. The van der Waals surface area contributed by atoms with E-state index in [0.717, 1.165) is 5.56 Å². The Morgan fingerprint density at radius 2 is 2.25 bits per heavy atom. The highest BCUT2D eigenvalue weighted by molar-refractivity contribution is 6.31. The summed E-state index contributed by atoms with van der Waals surface area (Å²) in [6.07, 6.45) is -1.10. The number of hydrogen-bond acceptors (Lipinski definition) is 1. The molecule has 0 fully saturated rings. The highest BCUT2D eigenvalue weighted by atomic mass is 35.5. The van der Waals surface area contributed by atoms with Crippen molar-refractivity contribution in [3.8, 4) is 0 Å². The van der Waals surface area contributed by atoms with Crippen molar-refractivity contribution in [2.45, 2.75) is 13.0 Å². The van der Waals surface area contributed by atoms with Crippen LogP contribution in [0.4, 0.5) is 4.39 Å². The van der Waals surface area contributed by atoms with Gasteiger partial charge < -0.3 is 5.11 Å². The van der Waals surface area contributed by atoms with Gasteiger partial charge in [-0.15, -0.1) is 0 Å². The van der Waals surface area contributed by atoms with Crippen LogP contribution in [0.3, 0.4) is 0 Å². The molecule has 0 saturated carbocycles. The molecular weight excluding hydrogens is 179 g/mol. The Balaban J connectivity index is 3.01. The summed E-state index contributed by atoms with van der Waals surface area (Å²) < 4.78 is 12.0. The lowest BCUT2D eigenvalue weighted by Crippen LogP contribution is -1.99. The van der Waals surface area contributed by atoms with E-state index in [-0.39, 0.29) is 0 Å². The number of rotatable bonds is 2. The molecule has 0 aromatic heterocycles. The average molecular weight is 189 g/mol. The zero-order valence-electron chi connectivity index (χ0n) is 6.72. The molecule has 0 saturated heterocycles. The van der Waals surface area contributed by atoms with Crippen LogP contribution >= 0.6 is 11.6 Å². The van der Waals surface area contributed by atoms with E-state index in [1.54, 1.807) is 18.2 Å². The third kappa shape index (κ3) is 1.96. The van der Waals surface area contributed by atoms with Gasteiger partial charge in [0.25, 0.3) is 0 Å². The number of hydrogen-bond donors (Lipinski definition) is 1. The molecule has 3 heteroatoms. The lowest BCUT2D eigenvalue weighted by Gasteiger charge is -2.08. The van der Waals surface area contributed by atoms with Crippen molar-refractivity contribution in [1.82, 2.24) is 0 Å². The van der Waals surface area contributed by atoms with E-state index in [2.05, 4.69) is 0 Å². The maximum atomic E-state index is 12.0. The lowest BCUT2D eigenvalue weighted by molar-refractivity contribution is 0.142. The van der Waals surface area contributed by atoms with Crippen LogP contribution in [0, 0.1) is 6.92 Å². The van der Waals surface area contributed by atoms with Crippen LogP contribution in [0.15, 0.2) is 18.2 Å². The third-order valence-corrected chi connectivity index (χ3v) is 1.99. The molecule has 1 unspecified atom stereocenters. The van der Waals surface area contributed by atoms with Crippen LogP contribution in [-0.4, -0.2) is 11.8 Å². The molecule has 0 aliphatic heterocycles. The van der Waals surface area contributed by atoms with Crippen molar-refractivity contribution < 1.29 is 9.50 Å². The predicted octanol–water partition coefficient (Wildman–Crippen LogP) is 2.65. The number of alkyl halides is 1. The van der Waals surface area contributed by atoms with Crippen LogP contribution in [0.2, 0.25) is 5.02 Å². The fourth-order valence-electron chi connectivity index (χ4n) is 0.986. The fraction of sp³-hybridized carbons (Fsp3) is 0.333. The van der Waals surface area contributed by atoms with Crippen molar-refractivity contribution in [2.75, 3.05) is 6.67 Å². The molecule has 1 aromatic rings. The SMILES string of the molecule is Cc1ccc(C(O)CF)c(Cl)c1.